The Hall–Kier alpha value is -0.890. The summed E-state index contributed by atoms with van der Waals surface area (Å²) in [6.07, 6.45) is -3.39. The van der Waals surface area contributed by atoms with Gasteiger partial charge in [-0.1, -0.05) is 13.3 Å². The largest absolute Gasteiger partial charge is 0.463 e. The molecule has 2 rings (SSSR count). The number of rotatable bonds is 3. The van der Waals surface area contributed by atoms with Crippen LogP contribution in [0.5, 0.6) is 0 Å². The van der Waals surface area contributed by atoms with Gasteiger partial charge in [0.1, 0.15) is 24.9 Å². The van der Waals surface area contributed by atoms with Crippen molar-refractivity contribution < 1.29 is 25.2 Å². The lowest BCUT2D eigenvalue weighted by Gasteiger charge is -2.42. The first-order chi connectivity index (χ1) is 8.57. The molecule has 0 saturated carbocycles. The van der Waals surface area contributed by atoms with Crippen molar-refractivity contribution in [3.05, 3.63) is 0 Å². The zero-order valence-corrected chi connectivity index (χ0v) is 10.3. The Labute approximate surface area is 105 Å². The maximum absolute atomic E-state index is 9.91. The summed E-state index contributed by atoms with van der Waals surface area (Å²) >= 11 is 0. The summed E-state index contributed by atoms with van der Waals surface area (Å²) in [4.78, 5) is 5.54. The highest BCUT2D eigenvalue weighted by atomic mass is 16.5. The predicted octanol–water partition coefficient (Wildman–Crippen LogP) is -1.74. The Kier molecular flexibility index (Phi) is 4.06. The van der Waals surface area contributed by atoms with Crippen LogP contribution in [0, 0.1) is 0 Å². The van der Waals surface area contributed by atoms with E-state index in [-0.39, 0.29) is 12.6 Å². The molecule has 2 heterocycles. The maximum Gasteiger partial charge on any atom is 0.290 e. The second kappa shape index (κ2) is 5.40. The SMILES string of the molecule is CCCCN=C1OC[C@@H]2[C@H](O)[C@H](O)[C@@H](O)[C@@H](O)N12. The first-order valence-electron chi connectivity index (χ1n) is 6.25. The summed E-state index contributed by atoms with van der Waals surface area (Å²) in [5, 5.41) is 39.0. The van der Waals surface area contributed by atoms with E-state index in [4.69, 9.17) is 4.74 Å². The molecule has 7 heteroatoms. The van der Waals surface area contributed by atoms with Gasteiger partial charge >= 0.3 is 0 Å². The number of piperidine rings is 1. The van der Waals surface area contributed by atoms with E-state index in [0.29, 0.717) is 6.54 Å². The highest BCUT2D eigenvalue weighted by Crippen LogP contribution is 2.28. The molecule has 0 aliphatic carbocycles. The molecular formula is C11H20N2O5. The van der Waals surface area contributed by atoms with Crippen molar-refractivity contribution >= 4 is 6.02 Å². The molecule has 0 aromatic rings. The summed E-state index contributed by atoms with van der Waals surface area (Å²) in [5.74, 6) is 0. The number of ether oxygens (including phenoxy) is 1. The van der Waals surface area contributed by atoms with Crippen LogP contribution >= 0.6 is 0 Å². The number of aliphatic hydroxyl groups excluding tert-OH is 4. The summed E-state index contributed by atoms with van der Waals surface area (Å²) in [6, 6.07) is -0.343. The number of unbranched alkanes of at least 4 members (excludes halogenated alkanes) is 1. The van der Waals surface area contributed by atoms with Crippen molar-refractivity contribution in [3.63, 3.8) is 0 Å². The molecule has 0 aromatic heterocycles. The molecule has 2 saturated heterocycles. The van der Waals surface area contributed by atoms with E-state index in [2.05, 4.69) is 4.99 Å². The minimum absolute atomic E-state index is 0.146. The van der Waals surface area contributed by atoms with Gasteiger partial charge in [0.25, 0.3) is 6.02 Å². The van der Waals surface area contributed by atoms with E-state index in [1.807, 2.05) is 6.92 Å². The van der Waals surface area contributed by atoms with Crippen LogP contribution in [-0.4, -0.2) is 75.1 Å². The molecule has 0 unspecified atom stereocenters. The molecule has 0 radical (unpaired) electrons. The maximum atomic E-state index is 9.91. The third-order valence-electron chi connectivity index (χ3n) is 3.40. The summed E-state index contributed by atoms with van der Waals surface area (Å²) in [5.41, 5.74) is 0. The third-order valence-corrected chi connectivity index (χ3v) is 3.40. The molecule has 0 bridgehead atoms. The third kappa shape index (κ3) is 2.18. The topological polar surface area (TPSA) is 106 Å². The lowest BCUT2D eigenvalue weighted by atomic mass is 9.94. The predicted molar refractivity (Wildman–Crippen MR) is 62.8 cm³/mol. The Morgan fingerprint density at radius 2 is 1.94 bits per heavy atom. The summed E-state index contributed by atoms with van der Waals surface area (Å²) in [6.45, 7) is 2.75. The fraction of sp³-hybridized carbons (Fsp3) is 0.909. The van der Waals surface area contributed by atoms with E-state index in [1.54, 1.807) is 0 Å². The molecule has 5 atom stereocenters. The fourth-order valence-corrected chi connectivity index (χ4v) is 2.26. The van der Waals surface area contributed by atoms with Crippen molar-refractivity contribution in [2.75, 3.05) is 13.2 Å². The van der Waals surface area contributed by atoms with Crippen LogP contribution in [0.15, 0.2) is 4.99 Å². The van der Waals surface area contributed by atoms with Gasteiger partial charge < -0.3 is 25.2 Å². The van der Waals surface area contributed by atoms with Crippen molar-refractivity contribution in [2.24, 2.45) is 4.99 Å². The standard InChI is InChI=1S/C11H20N2O5/c1-2-3-4-12-11-13-6(5-18-11)7(14)8(15)9(16)10(13)17/h6-10,14-17H,2-5H2,1H3/t6-,7+,8+,9-,10-/m1/s1. The van der Waals surface area contributed by atoms with Gasteiger partial charge in [-0.15, -0.1) is 0 Å². The fourth-order valence-electron chi connectivity index (χ4n) is 2.26. The molecule has 2 aliphatic heterocycles. The number of aliphatic hydroxyl groups is 4. The smallest absolute Gasteiger partial charge is 0.290 e. The average molecular weight is 260 g/mol. The van der Waals surface area contributed by atoms with E-state index < -0.39 is 30.6 Å². The van der Waals surface area contributed by atoms with Crippen molar-refractivity contribution in [1.29, 1.82) is 0 Å². The van der Waals surface area contributed by atoms with E-state index in [0.717, 1.165) is 12.8 Å². The molecule has 0 aromatic carbocycles. The molecule has 2 fully saturated rings. The number of amidine groups is 1. The molecule has 0 spiro atoms. The number of hydrogen-bond donors (Lipinski definition) is 4. The van der Waals surface area contributed by atoms with Crippen LogP contribution in [-0.2, 0) is 4.74 Å². The first kappa shape index (κ1) is 13.5. The van der Waals surface area contributed by atoms with Gasteiger partial charge in [-0.25, -0.2) is 4.99 Å². The second-order valence-corrected chi connectivity index (χ2v) is 4.69. The Balaban J connectivity index is 2.13. The number of fused-ring (bicyclic) bond motifs is 1. The summed E-state index contributed by atoms with van der Waals surface area (Å²) in [7, 11) is 0. The minimum atomic E-state index is -1.44. The van der Waals surface area contributed by atoms with E-state index >= 15 is 0 Å². The van der Waals surface area contributed by atoms with Crippen molar-refractivity contribution in [3.8, 4) is 0 Å². The first-order valence-corrected chi connectivity index (χ1v) is 6.25. The van der Waals surface area contributed by atoms with Crippen molar-refractivity contribution in [1.82, 2.24) is 4.90 Å². The molecular weight excluding hydrogens is 240 g/mol. The van der Waals surface area contributed by atoms with Gasteiger partial charge in [0.15, 0.2) is 6.23 Å². The Morgan fingerprint density at radius 1 is 1.22 bits per heavy atom. The Bertz CT molecular complexity index is 325. The molecule has 104 valence electrons. The van der Waals surface area contributed by atoms with Crippen LogP contribution in [0.2, 0.25) is 0 Å². The van der Waals surface area contributed by atoms with E-state index in [9.17, 15) is 20.4 Å². The highest BCUT2D eigenvalue weighted by molar-refractivity contribution is 5.76. The number of hydrogen-bond acceptors (Lipinski definition) is 6. The molecule has 4 N–H and O–H groups in total. The van der Waals surface area contributed by atoms with Gasteiger partial charge in [0.05, 0.1) is 6.04 Å². The van der Waals surface area contributed by atoms with Gasteiger partial charge in [0.2, 0.25) is 0 Å². The van der Waals surface area contributed by atoms with Crippen LogP contribution < -0.4 is 0 Å². The lowest BCUT2D eigenvalue weighted by Crippen LogP contribution is -2.65. The van der Waals surface area contributed by atoms with Crippen LogP contribution in [0.25, 0.3) is 0 Å². The van der Waals surface area contributed by atoms with Crippen LogP contribution in [0.4, 0.5) is 0 Å². The van der Waals surface area contributed by atoms with Gasteiger partial charge in [-0.3, -0.25) is 4.90 Å². The van der Waals surface area contributed by atoms with E-state index in [1.165, 1.54) is 4.90 Å². The zero-order valence-electron chi connectivity index (χ0n) is 10.3. The Morgan fingerprint density at radius 3 is 2.61 bits per heavy atom. The average Bonchev–Trinajstić information content (AvgIpc) is 2.78. The van der Waals surface area contributed by atoms with Gasteiger partial charge in [-0.2, -0.15) is 0 Å². The van der Waals surface area contributed by atoms with Gasteiger partial charge in [-0.05, 0) is 6.42 Å². The monoisotopic (exact) mass is 260 g/mol. The highest BCUT2D eigenvalue weighted by Gasteiger charge is 2.52. The number of aliphatic imine (C=N–C) groups is 1. The quantitative estimate of drug-likeness (QED) is 0.449. The normalized spacial score (nSPS) is 41.9. The zero-order chi connectivity index (χ0) is 13.3. The lowest BCUT2D eigenvalue weighted by molar-refractivity contribution is -0.190. The van der Waals surface area contributed by atoms with Crippen LogP contribution in [0.1, 0.15) is 19.8 Å². The molecule has 7 nitrogen and oxygen atoms in total. The number of nitrogens with zero attached hydrogens (tertiary/aromatic N) is 2. The molecule has 18 heavy (non-hydrogen) atoms. The minimum Gasteiger partial charge on any atom is -0.463 e. The second-order valence-electron chi connectivity index (χ2n) is 4.69. The van der Waals surface area contributed by atoms with Crippen LogP contribution in [0.3, 0.4) is 0 Å². The molecule has 0 amide bonds. The molecule has 2 aliphatic rings. The summed E-state index contributed by atoms with van der Waals surface area (Å²) < 4.78 is 5.32. The van der Waals surface area contributed by atoms with Gasteiger partial charge in [0, 0.05) is 6.54 Å². The van der Waals surface area contributed by atoms with Crippen molar-refractivity contribution in [2.45, 2.75) is 50.3 Å².